The van der Waals surface area contributed by atoms with Crippen molar-refractivity contribution in [2.24, 2.45) is 0 Å². The lowest BCUT2D eigenvalue weighted by Gasteiger charge is -2.17. The van der Waals surface area contributed by atoms with Crippen LogP contribution in [0.4, 0.5) is 0 Å². The van der Waals surface area contributed by atoms with Gasteiger partial charge in [0, 0.05) is 32.8 Å². The smallest absolute Gasteiger partial charge is 0.0945 e. The lowest BCUT2D eigenvalue weighted by Crippen LogP contribution is -2.33. The molecule has 0 radical (unpaired) electrons. The summed E-state index contributed by atoms with van der Waals surface area (Å²) in [5.41, 5.74) is 1.22. The molecule has 1 aromatic rings. The third kappa shape index (κ3) is 5.82. The van der Waals surface area contributed by atoms with Gasteiger partial charge in [-0.3, -0.25) is 0 Å². The van der Waals surface area contributed by atoms with Crippen molar-refractivity contribution in [1.82, 2.24) is 10.6 Å². The van der Waals surface area contributed by atoms with Gasteiger partial charge in [0.15, 0.2) is 0 Å². The molecule has 1 aromatic carbocycles. The third-order valence-corrected chi connectivity index (χ3v) is 2.64. The minimum atomic E-state index is 0.134. The zero-order valence-corrected chi connectivity index (χ0v) is 11.1. The quantitative estimate of drug-likeness (QED) is 0.677. The van der Waals surface area contributed by atoms with E-state index >= 15 is 0 Å². The van der Waals surface area contributed by atoms with Crippen molar-refractivity contribution >= 4 is 0 Å². The molecule has 0 bridgehead atoms. The molecule has 0 saturated carbocycles. The summed E-state index contributed by atoms with van der Waals surface area (Å²) in [6.07, 6.45) is 0.134. The minimum absolute atomic E-state index is 0.134. The van der Waals surface area contributed by atoms with E-state index in [1.54, 1.807) is 7.11 Å². The van der Waals surface area contributed by atoms with E-state index in [0.717, 1.165) is 19.6 Å². The Hall–Kier alpha value is -0.900. The summed E-state index contributed by atoms with van der Waals surface area (Å²) >= 11 is 0. The maximum atomic E-state index is 5.48. The van der Waals surface area contributed by atoms with Gasteiger partial charge in [0.2, 0.25) is 0 Å². The highest BCUT2D eigenvalue weighted by molar-refractivity contribution is 5.17. The van der Waals surface area contributed by atoms with Gasteiger partial charge >= 0.3 is 0 Å². The van der Waals surface area contributed by atoms with Gasteiger partial charge in [0.05, 0.1) is 6.10 Å². The van der Waals surface area contributed by atoms with Gasteiger partial charge in [-0.1, -0.05) is 44.2 Å². The van der Waals surface area contributed by atoms with Crippen LogP contribution in [0.5, 0.6) is 0 Å². The summed E-state index contributed by atoms with van der Waals surface area (Å²) in [4.78, 5) is 0. The molecule has 1 atom stereocenters. The molecule has 0 aliphatic heterocycles. The first-order valence-electron chi connectivity index (χ1n) is 6.26. The average molecular weight is 236 g/mol. The summed E-state index contributed by atoms with van der Waals surface area (Å²) < 4.78 is 5.48. The van der Waals surface area contributed by atoms with Gasteiger partial charge in [0.25, 0.3) is 0 Å². The molecule has 0 spiro atoms. The first kappa shape index (κ1) is 14.2. The molecule has 0 fully saturated rings. The molecule has 17 heavy (non-hydrogen) atoms. The van der Waals surface area contributed by atoms with Gasteiger partial charge in [-0.2, -0.15) is 0 Å². The van der Waals surface area contributed by atoms with E-state index in [4.69, 9.17) is 4.74 Å². The Morgan fingerprint density at radius 1 is 1.12 bits per heavy atom. The van der Waals surface area contributed by atoms with Gasteiger partial charge in [-0.05, 0) is 5.56 Å². The Morgan fingerprint density at radius 2 is 1.82 bits per heavy atom. The van der Waals surface area contributed by atoms with Crippen molar-refractivity contribution < 1.29 is 4.74 Å². The average Bonchev–Trinajstić information content (AvgIpc) is 2.34. The van der Waals surface area contributed by atoms with E-state index in [1.807, 2.05) is 18.2 Å². The van der Waals surface area contributed by atoms with Crippen molar-refractivity contribution in [3.63, 3.8) is 0 Å². The van der Waals surface area contributed by atoms with Crippen LogP contribution < -0.4 is 10.6 Å². The molecule has 3 heteroatoms. The Kier molecular flexibility index (Phi) is 6.86. The van der Waals surface area contributed by atoms with Crippen LogP contribution in [0.25, 0.3) is 0 Å². The number of nitrogens with one attached hydrogen (secondary N) is 2. The Bertz CT molecular complexity index is 288. The standard InChI is InChI=1S/C14H24N2O/c1-12(2)16-10-9-15-11-14(17-3)13-7-5-4-6-8-13/h4-8,12,14-16H,9-11H2,1-3H3. The molecule has 96 valence electrons. The van der Waals surface area contributed by atoms with Crippen LogP contribution in [-0.2, 0) is 4.74 Å². The molecule has 1 rings (SSSR count). The zero-order chi connectivity index (χ0) is 12.5. The predicted molar refractivity (Wildman–Crippen MR) is 72.2 cm³/mol. The fourth-order valence-corrected chi connectivity index (χ4v) is 1.69. The highest BCUT2D eigenvalue weighted by atomic mass is 16.5. The normalized spacial score (nSPS) is 12.9. The minimum Gasteiger partial charge on any atom is -0.375 e. The van der Waals surface area contributed by atoms with Crippen molar-refractivity contribution in [3.8, 4) is 0 Å². The fourth-order valence-electron chi connectivity index (χ4n) is 1.69. The van der Waals surface area contributed by atoms with Crippen LogP contribution in [0.15, 0.2) is 30.3 Å². The SMILES string of the molecule is COC(CNCCNC(C)C)c1ccccc1. The van der Waals surface area contributed by atoms with Crippen LogP contribution >= 0.6 is 0 Å². The molecule has 0 aliphatic rings. The van der Waals surface area contributed by atoms with E-state index < -0.39 is 0 Å². The lowest BCUT2D eigenvalue weighted by molar-refractivity contribution is 0.102. The largest absolute Gasteiger partial charge is 0.375 e. The van der Waals surface area contributed by atoms with Crippen LogP contribution in [0.2, 0.25) is 0 Å². The van der Waals surface area contributed by atoms with Gasteiger partial charge in [-0.25, -0.2) is 0 Å². The summed E-state index contributed by atoms with van der Waals surface area (Å²) in [5, 5.41) is 6.78. The van der Waals surface area contributed by atoms with Crippen molar-refractivity contribution in [3.05, 3.63) is 35.9 Å². The maximum absolute atomic E-state index is 5.48. The molecule has 0 aromatic heterocycles. The van der Waals surface area contributed by atoms with E-state index in [2.05, 4.69) is 36.6 Å². The number of rotatable bonds is 8. The molecule has 0 heterocycles. The molecule has 0 amide bonds. The Balaban J connectivity index is 2.24. The predicted octanol–water partition coefficient (Wildman–Crippen LogP) is 1.96. The molecular formula is C14H24N2O. The Labute approximate surface area is 105 Å². The van der Waals surface area contributed by atoms with Gasteiger partial charge < -0.3 is 15.4 Å². The second-order valence-corrected chi connectivity index (χ2v) is 4.45. The molecule has 2 N–H and O–H groups in total. The summed E-state index contributed by atoms with van der Waals surface area (Å²) in [6.45, 7) is 7.11. The van der Waals surface area contributed by atoms with E-state index in [-0.39, 0.29) is 6.10 Å². The second-order valence-electron chi connectivity index (χ2n) is 4.45. The van der Waals surface area contributed by atoms with E-state index in [9.17, 15) is 0 Å². The summed E-state index contributed by atoms with van der Waals surface area (Å²) in [6, 6.07) is 10.9. The Morgan fingerprint density at radius 3 is 2.41 bits per heavy atom. The fraction of sp³-hybridized carbons (Fsp3) is 0.571. The summed E-state index contributed by atoms with van der Waals surface area (Å²) in [5.74, 6) is 0. The second kappa shape index (κ2) is 8.23. The molecular weight excluding hydrogens is 212 g/mol. The number of hydrogen-bond acceptors (Lipinski definition) is 3. The van der Waals surface area contributed by atoms with Crippen molar-refractivity contribution in [2.75, 3.05) is 26.7 Å². The van der Waals surface area contributed by atoms with E-state index in [1.165, 1.54) is 5.56 Å². The monoisotopic (exact) mass is 236 g/mol. The number of methoxy groups -OCH3 is 1. The maximum Gasteiger partial charge on any atom is 0.0945 e. The van der Waals surface area contributed by atoms with Gasteiger partial charge in [0.1, 0.15) is 0 Å². The number of hydrogen-bond donors (Lipinski definition) is 2. The van der Waals surface area contributed by atoms with Crippen LogP contribution in [-0.4, -0.2) is 32.8 Å². The topological polar surface area (TPSA) is 33.3 Å². The van der Waals surface area contributed by atoms with Crippen molar-refractivity contribution in [1.29, 1.82) is 0 Å². The number of ether oxygens (including phenoxy) is 1. The van der Waals surface area contributed by atoms with Crippen LogP contribution in [0.3, 0.4) is 0 Å². The molecule has 0 aliphatic carbocycles. The highest BCUT2D eigenvalue weighted by Crippen LogP contribution is 2.14. The highest BCUT2D eigenvalue weighted by Gasteiger charge is 2.08. The van der Waals surface area contributed by atoms with Crippen LogP contribution in [0, 0.1) is 0 Å². The first-order chi connectivity index (χ1) is 8.24. The first-order valence-corrected chi connectivity index (χ1v) is 6.26. The zero-order valence-electron chi connectivity index (χ0n) is 11.1. The lowest BCUT2D eigenvalue weighted by atomic mass is 10.1. The van der Waals surface area contributed by atoms with Gasteiger partial charge in [-0.15, -0.1) is 0 Å². The summed E-state index contributed by atoms with van der Waals surface area (Å²) in [7, 11) is 1.76. The number of benzene rings is 1. The molecule has 3 nitrogen and oxygen atoms in total. The van der Waals surface area contributed by atoms with E-state index in [0.29, 0.717) is 6.04 Å². The molecule has 1 unspecified atom stereocenters. The molecule has 0 saturated heterocycles. The van der Waals surface area contributed by atoms with Crippen molar-refractivity contribution in [2.45, 2.75) is 26.0 Å². The van der Waals surface area contributed by atoms with Crippen LogP contribution in [0.1, 0.15) is 25.5 Å². The third-order valence-electron chi connectivity index (χ3n) is 2.64.